The first-order chi connectivity index (χ1) is 15.8. The number of carbonyl (C=O) groups is 1. The van der Waals surface area contributed by atoms with Crippen LogP contribution in [0.3, 0.4) is 0 Å². The Morgan fingerprint density at radius 1 is 1.00 bits per heavy atom. The number of benzene rings is 1. The van der Waals surface area contributed by atoms with Crippen molar-refractivity contribution in [1.82, 2.24) is 9.99 Å². The number of furan rings is 2. The maximum Gasteiger partial charge on any atom is 0.293 e. The third kappa shape index (κ3) is 3.15. The van der Waals surface area contributed by atoms with Gasteiger partial charge in [0, 0.05) is 11.3 Å². The third-order valence-corrected chi connectivity index (χ3v) is 6.22. The highest BCUT2D eigenvalue weighted by Gasteiger charge is 2.45. The molecule has 0 unspecified atom stereocenters. The SMILES string of the molecule is O=C(c1ccc2ccccc2n1)N1N=C2/C(=C\c3ccco3)CCC[C@@H]2[C@H]1c1ccco1. The van der Waals surface area contributed by atoms with Gasteiger partial charge in [0.05, 0.1) is 23.8 Å². The number of carbonyl (C=O) groups excluding carboxylic acids is 1. The molecule has 2 atom stereocenters. The molecule has 0 bridgehead atoms. The van der Waals surface area contributed by atoms with Crippen molar-refractivity contribution >= 4 is 28.6 Å². The molecule has 6 rings (SSSR count). The van der Waals surface area contributed by atoms with E-state index in [0.29, 0.717) is 5.69 Å². The monoisotopic (exact) mass is 423 g/mol. The lowest BCUT2D eigenvalue weighted by atomic mass is 9.79. The molecule has 6 heteroatoms. The van der Waals surface area contributed by atoms with E-state index in [4.69, 9.17) is 13.9 Å². The van der Waals surface area contributed by atoms with E-state index < -0.39 is 0 Å². The van der Waals surface area contributed by atoms with Crippen LogP contribution in [-0.2, 0) is 0 Å². The first-order valence-corrected chi connectivity index (χ1v) is 10.8. The smallest absolute Gasteiger partial charge is 0.293 e. The number of aromatic nitrogens is 1. The van der Waals surface area contributed by atoms with Crippen molar-refractivity contribution in [2.75, 3.05) is 0 Å². The van der Waals surface area contributed by atoms with Crippen molar-refractivity contribution in [3.05, 3.63) is 96.0 Å². The van der Waals surface area contributed by atoms with Crippen molar-refractivity contribution in [3.8, 4) is 0 Å². The van der Waals surface area contributed by atoms with Gasteiger partial charge in [0.25, 0.3) is 5.91 Å². The molecule has 1 saturated carbocycles. The topological polar surface area (TPSA) is 71.8 Å². The van der Waals surface area contributed by atoms with Crippen LogP contribution in [0.15, 0.2) is 92.7 Å². The van der Waals surface area contributed by atoms with Crippen LogP contribution in [0.5, 0.6) is 0 Å². The van der Waals surface area contributed by atoms with Gasteiger partial charge < -0.3 is 8.83 Å². The van der Waals surface area contributed by atoms with Gasteiger partial charge in [0.1, 0.15) is 23.3 Å². The molecule has 32 heavy (non-hydrogen) atoms. The molecule has 1 fully saturated rings. The fourth-order valence-electron chi connectivity index (χ4n) is 4.75. The minimum absolute atomic E-state index is 0.0699. The highest BCUT2D eigenvalue weighted by molar-refractivity contribution is 6.09. The van der Waals surface area contributed by atoms with Gasteiger partial charge in [-0.3, -0.25) is 4.79 Å². The number of hydrazone groups is 1. The molecule has 1 aliphatic heterocycles. The maximum atomic E-state index is 13.6. The van der Waals surface area contributed by atoms with Gasteiger partial charge in [0.15, 0.2) is 0 Å². The predicted octanol–water partition coefficient (Wildman–Crippen LogP) is 5.86. The Hall–Kier alpha value is -3.93. The van der Waals surface area contributed by atoms with Gasteiger partial charge in [-0.05, 0) is 67.3 Å². The number of rotatable bonds is 3. The molecular weight excluding hydrogens is 402 g/mol. The summed E-state index contributed by atoms with van der Waals surface area (Å²) in [7, 11) is 0. The van der Waals surface area contributed by atoms with E-state index in [1.54, 1.807) is 23.6 Å². The Balaban J connectivity index is 1.43. The zero-order valence-corrected chi connectivity index (χ0v) is 17.3. The summed E-state index contributed by atoms with van der Waals surface area (Å²) in [6, 6.07) is 18.8. The number of fused-ring (bicyclic) bond motifs is 2. The summed E-state index contributed by atoms with van der Waals surface area (Å²) >= 11 is 0. The Morgan fingerprint density at radius 2 is 1.88 bits per heavy atom. The molecule has 0 spiro atoms. The second-order valence-electron chi connectivity index (χ2n) is 8.17. The molecule has 0 saturated heterocycles. The fourth-order valence-corrected chi connectivity index (χ4v) is 4.75. The summed E-state index contributed by atoms with van der Waals surface area (Å²) in [5.74, 6) is 1.37. The minimum atomic E-state index is -0.291. The van der Waals surface area contributed by atoms with E-state index in [0.717, 1.165) is 53.0 Å². The van der Waals surface area contributed by atoms with Crippen LogP contribution in [-0.4, -0.2) is 21.6 Å². The van der Waals surface area contributed by atoms with Crippen LogP contribution in [0.4, 0.5) is 0 Å². The van der Waals surface area contributed by atoms with Crippen molar-refractivity contribution in [3.63, 3.8) is 0 Å². The Kier molecular flexibility index (Phi) is 4.49. The second kappa shape index (κ2) is 7.64. The van der Waals surface area contributed by atoms with Crippen LogP contribution in [0.1, 0.15) is 47.3 Å². The number of para-hydroxylation sites is 1. The average Bonchev–Trinajstić information content (AvgIpc) is 3.59. The van der Waals surface area contributed by atoms with Crippen LogP contribution in [0, 0.1) is 5.92 Å². The number of hydrogen-bond donors (Lipinski definition) is 0. The van der Waals surface area contributed by atoms with E-state index >= 15 is 0 Å². The van der Waals surface area contributed by atoms with Crippen molar-refractivity contribution in [2.45, 2.75) is 25.3 Å². The zero-order valence-electron chi connectivity index (χ0n) is 17.3. The number of nitrogens with zero attached hydrogens (tertiary/aromatic N) is 3. The molecule has 1 aliphatic carbocycles. The molecule has 6 nitrogen and oxygen atoms in total. The van der Waals surface area contributed by atoms with Crippen molar-refractivity contribution in [2.24, 2.45) is 11.0 Å². The molecular formula is C26H21N3O3. The first kappa shape index (κ1) is 18.8. The molecule has 158 valence electrons. The van der Waals surface area contributed by atoms with Crippen LogP contribution in [0.25, 0.3) is 17.0 Å². The van der Waals surface area contributed by atoms with Gasteiger partial charge in [0.2, 0.25) is 0 Å². The summed E-state index contributed by atoms with van der Waals surface area (Å²) in [5, 5.41) is 7.42. The van der Waals surface area contributed by atoms with E-state index in [9.17, 15) is 4.79 Å². The van der Waals surface area contributed by atoms with E-state index in [1.807, 2.05) is 60.7 Å². The van der Waals surface area contributed by atoms with E-state index in [2.05, 4.69) is 4.98 Å². The molecule has 4 aromatic rings. The summed E-state index contributed by atoms with van der Waals surface area (Å²) in [4.78, 5) is 18.3. The van der Waals surface area contributed by atoms with Crippen LogP contribution >= 0.6 is 0 Å². The highest BCUT2D eigenvalue weighted by atomic mass is 16.3. The standard InChI is InChI=1S/C26H21N3O3/c30-26(22-13-12-17-6-1-2-10-21(17)27-22)29-25(23-11-5-15-32-23)20-9-3-7-18(24(20)28-29)16-19-8-4-14-31-19/h1-2,4-6,8,10-16,20,25H,3,7,9H2/b18-16-/t20-,25-/m0/s1. The number of pyridine rings is 1. The van der Waals surface area contributed by atoms with Crippen LogP contribution < -0.4 is 0 Å². The average molecular weight is 423 g/mol. The summed E-state index contributed by atoms with van der Waals surface area (Å²) in [6.45, 7) is 0. The van der Waals surface area contributed by atoms with Crippen LogP contribution in [0.2, 0.25) is 0 Å². The van der Waals surface area contributed by atoms with Gasteiger partial charge in [-0.2, -0.15) is 5.10 Å². The predicted molar refractivity (Wildman–Crippen MR) is 121 cm³/mol. The molecule has 0 radical (unpaired) electrons. The minimum Gasteiger partial charge on any atom is -0.467 e. The lowest BCUT2D eigenvalue weighted by Crippen LogP contribution is -2.32. The van der Waals surface area contributed by atoms with Crippen molar-refractivity contribution in [1.29, 1.82) is 0 Å². The molecule has 1 amide bonds. The second-order valence-corrected chi connectivity index (χ2v) is 8.17. The van der Waals surface area contributed by atoms with E-state index in [-0.39, 0.29) is 17.9 Å². The van der Waals surface area contributed by atoms with Gasteiger partial charge >= 0.3 is 0 Å². The summed E-state index contributed by atoms with van der Waals surface area (Å²) in [6.07, 6.45) is 8.20. The van der Waals surface area contributed by atoms with E-state index in [1.165, 1.54) is 0 Å². The summed E-state index contributed by atoms with van der Waals surface area (Å²) in [5.41, 5.74) is 3.20. The Morgan fingerprint density at radius 3 is 2.72 bits per heavy atom. The maximum absolute atomic E-state index is 13.6. The molecule has 1 aromatic carbocycles. The Bertz CT molecular complexity index is 1340. The zero-order chi connectivity index (χ0) is 21.5. The molecule has 2 aliphatic rings. The number of amides is 1. The summed E-state index contributed by atoms with van der Waals surface area (Å²) < 4.78 is 11.3. The molecule has 0 N–H and O–H groups in total. The third-order valence-electron chi connectivity index (χ3n) is 6.22. The lowest BCUT2D eigenvalue weighted by Gasteiger charge is -2.27. The fraction of sp³-hybridized carbons (Fsp3) is 0.192. The Labute approximate surface area is 184 Å². The largest absolute Gasteiger partial charge is 0.467 e. The van der Waals surface area contributed by atoms with Gasteiger partial charge in [-0.15, -0.1) is 0 Å². The molecule has 3 aromatic heterocycles. The van der Waals surface area contributed by atoms with Gasteiger partial charge in [-0.1, -0.05) is 24.3 Å². The quantitative estimate of drug-likeness (QED) is 0.414. The first-order valence-electron chi connectivity index (χ1n) is 10.8. The highest BCUT2D eigenvalue weighted by Crippen LogP contribution is 2.45. The van der Waals surface area contributed by atoms with Crippen molar-refractivity contribution < 1.29 is 13.6 Å². The lowest BCUT2D eigenvalue weighted by molar-refractivity contribution is 0.0651. The van der Waals surface area contributed by atoms with Gasteiger partial charge in [-0.25, -0.2) is 9.99 Å². The molecule has 4 heterocycles. The number of allylic oxidation sites excluding steroid dienone is 1. The number of hydrogen-bond acceptors (Lipinski definition) is 5. The normalized spacial score (nSPS) is 21.7.